The van der Waals surface area contributed by atoms with Crippen molar-refractivity contribution in [1.29, 1.82) is 0 Å². The Labute approximate surface area is 122 Å². The Hall–Kier alpha value is -2.11. The molecule has 1 heterocycles. The molecular weight excluding hydrogens is 275 g/mol. The van der Waals surface area contributed by atoms with Gasteiger partial charge < -0.3 is 15.3 Å². The fourth-order valence-electron chi connectivity index (χ4n) is 2.47. The number of nitrogens with zero attached hydrogens (tertiary/aromatic N) is 1. The Kier molecular flexibility index (Phi) is 4.77. The molecule has 1 aliphatic heterocycles. The average Bonchev–Trinajstić information content (AvgIpc) is 2.68. The van der Waals surface area contributed by atoms with E-state index in [0.29, 0.717) is 24.2 Å². The number of halogens is 1. The molecule has 0 saturated carbocycles. The van der Waals surface area contributed by atoms with Crippen molar-refractivity contribution < 1.29 is 19.1 Å². The summed E-state index contributed by atoms with van der Waals surface area (Å²) in [5, 5.41) is 11.8. The lowest BCUT2D eigenvalue weighted by Crippen LogP contribution is -2.46. The summed E-state index contributed by atoms with van der Waals surface area (Å²) >= 11 is 0. The fourth-order valence-corrected chi connectivity index (χ4v) is 2.47. The van der Waals surface area contributed by atoms with Gasteiger partial charge in [0.1, 0.15) is 11.9 Å². The number of carbonyl (C=O) groups excluding carboxylic acids is 1. The highest BCUT2D eigenvalue weighted by atomic mass is 19.1. The van der Waals surface area contributed by atoms with Crippen LogP contribution >= 0.6 is 0 Å². The molecule has 1 aromatic rings. The predicted molar refractivity (Wildman–Crippen MR) is 76.8 cm³/mol. The van der Waals surface area contributed by atoms with E-state index in [0.717, 1.165) is 19.3 Å². The zero-order valence-corrected chi connectivity index (χ0v) is 11.9. The average molecular weight is 294 g/mol. The predicted octanol–water partition coefficient (Wildman–Crippen LogP) is 3.00. The number of nitrogens with one attached hydrogen (secondary N) is 1. The van der Waals surface area contributed by atoms with Gasteiger partial charge in [0.2, 0.25) is 0 Å². The minimum Gasteiger partial charge on any atom is -0.480 e. The molecule has 1 aromatic carbocycles. The summed E-state index contributed by atoms with van der Waals surface area (Å²) in [6, 6.07) is 3.10. The molecule has 1 aliphatic rings. The molecule has 2 amide bonds. The number of rotatable bonds is 2. The van der Waals surface area contributed by atoms with Gasteiger partial charge in [-0.1, -0.05) is 18.9 Å². The summed E-state index contributed by atoms with van der Waals surface area (Å²) in [7, 11) is 0. The molecule has 1 atom stereocenters. The van der Waals surface area contributed by atoms with Crippen LogP contribution < -0.4 is 5.32 Å². The number of aryl methyl sites for hydroxylation is 1. The Bertz CT molecular complexity index is 548. The number of carboxylic acid groups (broad SMARTS) is 1. The first kappa shape index (κ1) is 15.3. The van der Waals surface area contributed by atoms with Gasteiger partial charge in [0.25, 0.3) is 0 Å². The van der Waals surface area contributed by atoms with Gasteiger partial charge in [-0.15, -0.1) is 0 Å². The first-order chi connectivity index (χ1) is 9.99. The number of aliphatic carboxylic acids is 1. The molecule has 2 N–H and O–H groups in total. The van der Waals surface area contributed by atoms with E-state index in [-0.39, 0.29) is 0 Å². The second kappa shape index (κ2) is 6.56. The van der Waals surface area contributed by atoms with Gasteiger partial charge in [-0.05, 0) is 37.5 Å². The number of anilines is 1. The van der Waals surface area contributed by atoms with Crippen LogP contribution in [0.1, 0.15) is 31.2 Å². The van der Waals surface area contributed by atoms with Crippen molar-refractivity contribution in [3.8, 4) is 0 Å². The zero-order chi connectivity index (χ0) is 15.4. The monoisotopic (exact) mass is 294 g/mol. The molecule has 0 spiro atoms. The SMILES string of the molecule is Cc1ccc(NC(=O)N2CCCCCC2C(=O)O)cc1F. The number of benzene rings is 1. The van der Waals surface area contributed by atoms with Gasteiger partial charge in [0.15, 0.2) is 0 Å². The third-order valence-electron chi connectivity index (χ3n) is 3.72. The number of carbonyl (C=O) groups is 2. The Morgan fingerprint density at radius 3 is 2.76 bits per heavy atom. The topological polar surface area (TPSA) is 69.6 Å². The van der Waals surface area contributed by atoms with Gasteiger partial charge in [0, 0.05) is 12.2 Å². The van der Waals surface area contributed by atoms with Crippen LogP contribution in [0.2, 0.25) is 0 Å². The van der Waals surface area contributed by atoms with Crippen molar-refractivity contribution in [3.05, 3.63) is 29.6 Å². The van der Waals surface area contributed by atoms with E-state index in [2.05, 4.69) is 5.32 Å². The van der Waals surface area contributed by atoms with E-state index in [1.54, 1.807) is 19.1 Å². The van der Waals surface area contributed by atoms with E-state index in [9.17, 15) is 19.1 Å². The van der Waals surface area contributed by atoms with Crippen molar-refractivity contribution in [1.82, 2.24) is 4.90 Å². The Morgan fingerprint density at radius 1 is 1.33 bits per heavy atom. The Balaban J connectivity index is 2.12. The molecule has 1 fully saturated rings. The van der Waals surface area contributed by atoms with E-state index in [1.807, 2.05) is 0 Å². The second-order valence-electron chi connectivity index (χ2n) is 5.29. The fraction of sp³-hybridized carbons (Fsp3) is 0.467. The number of likely N-dealkylation sites (tertiary alicyclic amines) is 1. The normalized spacial score (nSPS) is 19.0. The van der Waals surface area contributed by atoms with Crippen LogP contribution in [0.3, 0.4) is 0 Å². The molecule has 0 aromatic heterocycles. The molecule has 1 saturated heterocycles. The van der Waals surface area contributed by atoms with Crippen LogP contribution in [0.5, 0.6) is 0 Å². The smallest absolute Gasteiger partial charge is 0.326 e. The number of urea groups is 1. The van der Waals surface area contributed by atoms with Crippen LogP contribution in [0.15, 0.2) is 18.2 Å². The van der Waals surface area contributed by atoms with Crippen LogP contribution in [-0.4, -0.2) is 34.6 Å². The first-order valence-electron chi connectivity index (χ1n) is 7.05. The van der Waals surface area contributed by atoms with Gasteiger partial charge in [0.05, 0.1) is 0 Å². The molecule has 5 nitrogen and oxygen atoms in total. The summed E-state index contributed by atoms with van der Waals surface area (Å²) in [5.41, 5.74) is 0.822. The molecule has 114 valence electrons. The lowest BCUT2D eigenvalue weighted by Gasteiger charge is -2.27. The van der Waals surface area contributed by atoms with Crippen molar-refractivity contribution in [3.63, 3.8) is 0 Å². The Morgan fingerprint density at radius 2 is 2.10 bits per heavy atom. The van der Waals surface area contributed by atoms with E-state index in [4.69, 9.17) is 0 Å². The summed E-state index contributed by atoms with van der Waals surface area (Å²) in [4.78, 5) is 24.9. The zero-order valence-electron chi connectivity index (χ0n) is 11.9. The van der Waals surface area contributed by atoms with E-state index in [1.165, 1.54) is 11.0 Å². The molecule has 0 radical (unpaired) electrons. The molecular formula is C15H19FN2O3. The summed E-state index contributed by atoms with van der Waals surface area (Å²) in [6.07, 6.45) is 2.93. The van der Waals surface area contributed by atoms with Crippen molar-refractivity contribution in [2.45, 2.75) is 38.6 Å². The number of hydrogen-bond donors (Lipinski definition) is 2. The summed E-state index contributed by atoms with van der Waals surface area (Å²) in [6.45, 7) is 2.04. The molecule has 0 aliphatic carbocycles. The van der Waals surface area contributed by atoms with Crippen LogP contribution in [0.25, 0.3) is 0 Å². The molecule has 2 rings (SSSR count). The van der Waals surface area contributed by atoms with Gasteiger partial charge >= 0.3 is 12.0 Å². The third kappa shape index (κ3) is 3.71. The van der Waals surface area contributed by atoms with Crippen LogP contribution in [0.4, 0.5) is 14.9 Å². The molecule has 1 unspecified atom stereocenters. The van der Waals surface area contributed by atoms with Crippen molar-refractivity contribution in [2.24, 2.45) is 0 Å². The maximum Gasteiger partial charge on any atom is 0.326 e. The first-order valence-corrected chi connectivity index (χ1v) is 7.05. The summed E-state index contributed by atoms with van der Waals surface area (Å²) < 4.78 is 13.5. The number of amides is 2. The lowest BCUT2D eigenvalue weighted by molar-refractivity contribution is -0.142. The van der Waals surface area contributed by atoms with Crippen molar-refractivity contribution in [2.75, 3.05) is 11.9 Å². The minimum atomic E-state index is -0.998. The number of hydrogen-bond acceptors (Lipinski definition) is 2. The van der Waals surface area contributed by atoms with Gasteiger partial charge in [-0.25, -0.2) is 14.0 Å². The van der Waals surface area contributed by atoms with Gasteiger partial charge in [-0.3, -0.25) is 0 Å². The summed E-state index contributed by atoms with van der Waals surface area (Å²) in [5.74, 6) is -1.40. The maximum atomic E-state index is 13.5. The minimum absolute atomic E-state index is 0.330. The molecule has 6 heteroatoms. The highest BCUT2D eigenvalue weighted by Gasteiger charge is 2.30. The highest BCUT2D eigenvalue weighted by Crippen LogP contribution is 2.19. The van der Waals surface area contributed by atoms with Gasteiger partial charge in [-0.2, -0.15) is 0 Å². The molecule has 21 heavy (non-hydrogen) atoms. The number of carboxylic acids is 1. The van der Waals surface area contributed by atoms with Crippen LogP contribution in [0, 0.1) is 12.7 Å². The third-order valence-corrected chi connectivity index (χ3v) is 3.72. The lowest BCUT2D eigenvalue weighted by atomic mass is 10.1. The largest absolute Gasteiger partial charge is 0.480 e. The van der Waals surface area contributed by atoms with E-state index < -0.39 is 23.9 Å². The second-order valence-corrected chi connectivity index (χ2v) is 5.29. The molecule has 0 bridgehead atoms. The maximum absolute atomic E-state index is 13.5. The van der Waals surface area contributed by atoms with Crippen LogP contribution in [-0.2, 0) is 4.79 Å². The van der Waals surface area contributed by atoms with Crippen molar-refractivity contribution >= 4 is 17.7 Å². The highest BCUT2D eigenvalue weighted by molar-refractivity contribution is 5.92. The standard InChI is InChI=1S/C15H19FN2O3/c1-10-6-7-11(9-12(10)16)17-15(21)18-8-4-2-3-5-13(18)14(19)20/h6-7,9,13H,2-5,8H2,1H3,(H,17,21)(H,19,20). The van der Waals surface area contributed by atoms with E-state index >= 15 is 0 Å². The quantitative estimate of drug-likeness (QED) is 0.881.